The Kier molecular flexibility index (Phi) is 0.640. The van der Waals surface area contributed by atoms with Gasteiger partial charge in [-0.15, -0.1) is 9.78 Å². The van der Waals surface area contributed by atoms with Crippen molar-refractivity contribution in [2.45, 2.75) is 6.16 Å². The van der Waals surface area contributed by atoms with E-state index in [0.29, 0.717) is 0 Å². The van der Waals surface area contributed by atoms with Gasteiger partial charge in [0.2, 0.25) is 0 Å². The first-order valence-corrected chi connectivity index (χ1v) is 1.24. The van der Waals surface area contributed by atoms with Gasteiger partial charge < -0.3 is 9.76 Å². The average molecular weight is 87.8 g/mol. The first-order chi connectivity index (χ1) is 2.77. The lowest BCUT2D eigenvalue weighted by Gasteiger charge is -1.88. The predicted molar refractivity (Wildman–Crippen MR) is 14.0 cm³/mol. The van der Waals surface area contributed by atoms with E-state index in [-0.39, 0.29) is 0 Å². The molecule has 1 fully saturated rings. The molecule has 0 atom stereocenters. The van der Waals surface area contributed by atoms with E-state index < -0.39 is 6.16 Å². The zero-order valence-electron chi connectivity index (χ0n) is 2.75. The van der Waals surface area contributed by atoms with Gasteiger partial charge in [0, 0.05) is 0 Å². The molecule has 1 saturated heterocycles. The van der Waals surface area contributed by atoms with E-state index in [9.17, 15) is 0 Å². The Morgan fingerprint density at radius 2 is 2.17 bits per heavy atom. The van der Waals surface area contributed by atoms with Crippen molar-refractivity contribution in [3.63, 3.8) is 0 Å². The molecule has 0 unspecified atom stereocenters. The fraction of sp³-hybridized carbons (Fsp3) is 1.00. The summed E-state index contributed by atoms with van der Waals surface area (Å²) >= 11 is 0. The van der Waals surface area contributed by atoms with Crippen LogP contribution in [0.4, 0.5) is 0 Å². The third-order valence-electron chi connectivity index (χ3n) is 0.375. The summed E-state index contributed by atoms with van der Waals surface area (Å²) in [5.74, 6) is 0. The van der Waals surface area contributed by atoms with E-state index in [1.54, 1.807) is 0 Å². The maximum absolute atomic E-state index is 8.15. The van der Waals surface area contributed by atoms with Crippen LogP contribution in [0.25, 0.3) is 0 Å². The number of rotatable bonds is 1. The second kappa shape index (κ2) is 0.943. The quantitative estimate of drug-likeness (QED) is 0.186. The summed E-state index contributed by atoms with van der Waals surface area (Å²) in [4.78, 5) is 7.51. The van der Waals surface area contributed by atoms with Crippen LogP contribution >= 0.6 is 0 Å². The smallest absolute Gasteiger partial charge is 0.374 e. The summed E-state index contributed by atoms with van der Waals surface area (Å²) in [5, 5.41) is 8.15. The Balaban J connectivity index is 2.28. The Hall–Kier alpha value is -0.0951. The molecular weight excluding hydrogens is 86.8 g/mol. The minimum absolute atomic E-state index is 1.93. The Morgan fingerprint density at radius 3 is 2.17 bits per heavy atom. The second-order valence-corrected chi connectivity index (χ2v) is 0.808. The molecule has 0 spiro atoms. The van der Waals surface area contributed by atoms with Crippen LogP contribution in [0.2, 0.25) is 0 Å². The third-order valence-corrected chi connectivity index (χ3v) is 0.375. The van der Waals surface area contributed by atoms with Crippen LogP contribution < -0.4 is 0 Å². The van der Waals surface area contributed by atoms with Gasteiger partial charge in [0.25, 0.3) is 8.05 Å². The average Bonchev–Trinajstić information content (AvgIpc) is 2.22. The van der Waals surface area contributed by atoms with E-state index in [0.717, 1.165) is 0 Å². The Bertz CT molecular complexity index is 58.6. The summed E-state index contributed by atoms with van der Waals surface area (Å²) in [6.07, 6.45) is -1.93. The predicted octanol–water partition coefficient (Wildman–Crippen LogP) is -1.35. The lowest BCUT2D eigenvalue weighted by atomic mass is 10.6. The Morgan fingerprint density at radius 1 is 1.67 bits per heavy atom. The van der Waals surface area contributed by atoms with Gasteiger partial charge in [-0.2, -0.15) is 0 Å². The van der Waals surface area contributed by atoms with Crippen molar-refractivity contribution >= 4 is 8.05 Å². The molecule has 1 aliphatic rings. The largest absolute Gasteiger partial charge is 0.449 e. The fourth-order valence-electron chi connectivity index (χ4n) is 0.0749. The highest BCUT2D eigenvalue weighted by Crippen LogP contribution is 2.24. The van der Waals surface area contributed by atoms with Crippen molar-refractivity contribution in [1.29, 1.82) is 0 Å². The zero-order valence-corrected chi connectivity index (χ0v) is 2.75. The minimum atomic E-state index is -1.93. The van der Waals surface area contributed by atoms with E-state index in [1.807, 2.05) is 0 Å². The summed E-state index contributed by atoms with van der Waals surface area (Å²) in [6.45, 7) is 0. The molecule has 2 radical (unpaired) electrons. The first-order valence-electron chi connectivity index (χ1n) is 1.24. The fourth-order valence-corrected chi connectivity index (χ4v) is 0.0749. The molecule has 4 nitrogen and oxygen atoms in total. The Labute approximate surface area is 35.0 Å². The van der Waals surface area contributed by atoms with Gasteiger partial charge in [0.1, 0.15) is 0 Å². The molecule has 1 heterocycles. The molecule has 0 aromatic carbocycles. The zero-order chi connectivity index (χ0) is 4.62. The molecule has 0 saturated carbocycles. The van der Waals surface area contributed by atoms with Gasteiger partial charge in [-0.1, -0.05) is 0 Å². The van der Waals surface area contributed by atoms with Crippen LogP contribution in [0.1, 0.15) is 0 Å². The van der Waals surface area contributed by atoms with Gasteiger partial charge in [0.05, 0.1) is 0 Å². The highest BCUT2D eigenvalue weighted by Gasteiger charge is 2.47. The molecule has 5 heteroatoms. The molecule has 1 aliphatic heterocycles. The topological polar surface area (TPSA) is 54.5 Å². The first kappa shape index (κ1) is 4.07. The van der Waals surface area contributed by atoms with E-state index in [4.69, 9.17) is 5.11 Å². The van der Waals surface area contributed by atoms with Crippen molar-refractivity contribution in [2.75, 3.05) is 0 Å². The maximum atomic E-state index is 8.15. The van der Waals surface area contributed by atoms with E-state index in [1.165, 1.54) is 0 Å². The third kappa shape index (κ3) is 0.527. The van der Waals surface area contributed by atoms with E-state index in [2.05, 4.69) is 22.5 Å². The van der Waals surface area contributed by atoms with Gasteiger partial charge in [-0.05, 0) is 0 Å². The molecular formula is CHBO4. The van der Waals surface area contributed by atoms with Crippen LogP contribution in [-0.4, -0.2) is 19.3 Å². The monoisotopic (exact) mass is 88.0 g/mol. The molecule has 0 aromatic heterocycles. The SMILES string of the molecule is [B]OC1(O)OO1. The number of hydrogen-bond donors (Lipinski definition) is 1. The highest BCUT2D eigenvalue weighted by molar-refractivity contribution is 5.98. The van der Waals surface area contributed by atoms with Crippen LogP contribution in [0.15, 0.2) is 0 Å². The van der Waals surface area contributed by atoms with Gasteiger partial charge >= 0.3 is 6.16 Å². The maximum Gasteiger partial charge on any atom is 0.449 e. The highest BCUT2D eigenvalue weighted by atomic mass is 17.5. The normalized spacial score (nSPS) is 26.8. The van der Waals surface area contributed by atoms with Crippen LogP contribution in [0, 0.1) is 0 Å². The van der Waals surface area contributed by atoms with Crippen LogP contribution in [0.3, 0.4) is 0 Å². The molecule has 1 N–H and O–H groups in total. The van der Waals surface area contributed by atoms with Crippen molar-refractivity contribution in [3.8, 4) is 0 Å². The van der Waals surface area contributed by atoms with Crippen molar-refractivity contribution in [2.24, 2.45) is 0 Å². The molecule has 0 amide bonds. The lowest BCUT2D eigenvalue weighted by Crippen LogP contribution is -2.10. The number of aliphatic hydroxyl groups is 1. The molecule has 0 aromatic rings. The minimum Gasteiger partial charge on any atom is -0.374 e. The van der Waals surface area contributed by atoms with Gasteiger partial charge in [0.15, 0.2) is 0 Å². The van der Waals surface area contributed by atoms with E-state index >= 15 is 0 Å². The van der Waals surface area contributed by atoms with Gasteiger partial charge in [-0.25, -0.2) is 0 Å². The number of hydrogen-bond acceptors (Lipinski definition) is 4. The molecule has 0 aliphatic carbocycles. The summed E-state index contributed by atoms with van der Waals surface area (Å²) in [7, 11) is 4.37. The summed E-state index contributed by atoms with van der Waals surface area (Å²) < 4.78 is 3.66. The molecule has 32 valence electrons. The molecule has 1 rings (SSSR count). The van der Waals surface area contributed by atoms with Gasteiger partial charge in [-0.3, -0.25) is 0 Å². The van der Waals surface area contributed by atoms with Crippen molar-refractivity contribution in [1.82, 2.24) is 0 Å². The van der Waals surface area contributed by atoms with Crippen LogP contribution in [0.5, 0.6) is 0 Å². The van der Waals surface area contributed by atoms with Crippen molar-refractivity contribution in [3.05, 3.63) is 0 Å². The van der Waals surface area contributed by atoms with Crippen molar-refractivity contribution < 1.29 is 19.5 Å². The standard InChI is InChI=1S/CHBO4/c2-4-1(3)5-6-1/h3H. The molecule has 0 bridgehead atoms. The summed E-state index contributed by atoms with van der Waals surface area (Å²) in [6, 6.07) is 0. The summed E-state index contributed by atoms with van der Waals surface area (Å²) in [5.41, 5.74) is 0. The van der Waals surface area contributed by atoms with Crippen LogP contribution in [-0.2, 0) is 14.4 Å². The molecule has 6 heavy (non-hydrogen) atoms. The second-order valence-electron chi connectivity index (χ2n) is 0.808. The lowest BCUT2D eigenvalue weighted by molar-refractivity contribution is -0.142.